The average Bonchev–Trinajstić information content (AvgIpc) is 2.78. The molecule has 0 bridgehead atoms. The molecular formula is C28H39NO4S. The molecule has 6 heteroatoms. The number of ketones is 1. The van der Waals surface area contributed by atoms with Crippen molar-refractivity contribution < 1.29 is 19.4 Å². The highest BCUT2D eigenvalue weighted by Gasteiger charge is 2.36. The van der Waals surface area contributed by atoms with E-state index in [0.29, 0.717) is 6.42 Å². The number of aliphatic hydroxyl groups is 1. The van der Waals surface area contributed by atoms with Gasteiger partial charge >= 0.3 is 5.97 Å². The predicted molar refractivity (Wildman–Crippen MR) is 141 cm³/mol. The van der Waals surface area contributed by atoms with Gasteiger partial charge in [-0.1, -0.05) is 30.7 Å². The Labute approximate surface area is 208 Å². The summed E-state index contributed by atoms with van der Waals surface area (Å²) in [5.41, 5.74) is 4.68. The lowest BCUT2D eigenvalue weighted by molar-refractivity contribution is -0.143. The van der Waals surface area contributed by atoms with Crippen molar-refractivity contribution in [2.75, 3.05) is 5.75 Å². The van der Waals surface area contributed by atoms with Gasteiger partial charge in [-0.15, -0.1) is 11.8 Å². The molecule has 1 aliphatic rings. The van der Waals surface area contributed by atoms with Gasteiger partial charge in [0, 0.05) is 18.0 Å². The SMILES string of the molecule is CC1=CCC(C(C)=Cc2cccc(C)n2)OC(=O)CSC(C)(C)C(=O)[C@H](C)[C@@H](O)C(C)=CCC1. The molecule has 0 saturated carbocycles. The third kappa shape index (κ3) is 8.24. The molecule has 1 N–H and O–H groups in total. The van der Waals surface area contributed by atoms with Crippen molar-refractivity contribution in [1.29, 1.82) is 0 Å². The quantitative estimate of drug-likeness (QED) is 0.418. The van der Waals surface area contributed by atoms with Crippen LogP contribution in [0.25, 0.3) is 6.08 Å². The second kappa shape index (κ2) is 12.5. The number of carbonyl (C=O) groups excluding carboxylic acids is 2. The molecule has 1 unspecified atom stereocenters. The second-order valence-corrected chi connectivity index (χ2v) is 11.3. The lowest BCUT2D eigenvalue weighted by Crippen LogP contribution is -2.39. The van der Waals surface area contributed by atoms with Crippen molar-refractivity contribution in [2.24, 2.45) is 5.92 Å². The zero-order valence-corrected chi connectivity index (χ0v) is 22.4. The van der Waals surface area contributed by atoms with Crippen molar-refractivity contribution in [1.82, 2.24) is 4.98 Å². The summed E-state index contributed by atoms with van der Waals surface area (Å²) >= 11 is 1.26. The summed E-state index contributed by atoms with van der Waals surface area (Å²) in [6, 6.07) is 5.84. The number of aryl methyl sites for hydroxylation is 1. The maximum atomic E-state index is 13.1. The number of nitrogens with zero attached hydrogens (tertiary/aromatic N) is 1. The van der Waals surface area contributed by atoms with Gasteiger partial charge in [0.15, 0.2) is 5.78 Å². The third-order valence-electron chi connectivity index (χ3n) is 6.25. The number of rotatable bonds is 2. The van der Waals surface area contributed by atoms with Gasteiger partial charge in [-0.2, -0.15) is 0 Å². The predicted octanol–water partition coefficient (Wildman–Crippen LogP) is 5.86. The molecule has 0 aromatic carbocycles. The lowest BCUT2D eigenvalue weighted by Gasteiger charge is -2.29. The molecule has 1 aliphatic heterocycles. The van der Waals surface area contributed by atoms with Crippen LogP contribution in [0.1, 0.15) is 72.2 Å². The first-order valence-electron chi connectivity index (χ1n) is 11.9. The topological polar surface area (TPSA) is 76.5 Å². The molecular weight excluding hydrogens is 446 g/mol. The number of pyridine rings is 1. The van der Waals surface area contributed by atoms with E-state index in [1.54, 1.807) is 20.8 Å². The first kappa shape index (κ1) is 28.1. The summed E-state index contributed by atoms with van der Waals surface area (Å²) in [5.74, 6) is -0.930. The minimum Gasteiger partial charge on any atom is -0.457 e. The zero-order chi connectivity index (χ0) is 25.5. The number of Topliss-reactive ketones (excluding diaryl/α,β-unsaturated/α-hetero) is 1. The molecule has 5 nitrogen and oxygen atoms in total. The van der Waals surface area contributed by atoms with Gasteiger partial charge in [-0.25, -0.2) is 0 Å². The third-order valence-corrected chi connectivity index (χ3v) is 7.55. The van der Waals surface area contributed by atoms with Crippen molar-refractivity contribution >= 4 is 29.6 Å². The summed E-state index contributed by atoms with van der Waals surface area (Å²) in [5, 5.41) is 10.7. The maximum absolute atomic E-state index is 13.1. The Bertz CT molecular complexity index is 976. The molecule has 0 fully saturated rings. The Morgan fingerprint density at radius 1 is 1.21 bits per heavy atom. The van der Waals surface area contributed by atoms with Crippen LogP contribution < -0.4 is 0 Å². The summed E-state index contributed by atoms with van der Waals surface area (Å²) in [6.45, 7) is 13.2. The lowest BCUT2D eigenvalue weighted by atomic mass is 9.88. The fourth-order valence-electron chi connectivity index (χ4n) is 3.95. The number of aromatic nitrogens is 1. The fraction of sp³-hybridized carbons (Fsp3) is 0.536. The largest absolute Gasteiger partial charge is 0.457 e. The van der Waals surface area contributed by atoms with E-state index in [2.05, 4.69) is 18.0 Å². The van der Waals surface area contributed by atoms with E-state index in [-0.39, 0.29) is 17.5 Å². The van der Waals surface area contributed by atoms with Gasteiger partial charge < -0.3 is 9.84 Å². The number of thioether (sulfide) groups is 1. The molecule has 0 spiro atoms. The van der Waals surface area contributed by atoms with Crippen LogP contribution in [0, 0.1) is 12.8 Å². The molecule has 1 aromatic rings. The van der Waals surface area contributed by atoms with Crippen LogP contribution >= 0.6 is 11.8 Å². The molecule has 0 amide bonds. The zero-order valence-electron chi connectivity index (χ0n) is 21.6. The van der Waals surface area contributed by atoms with Gasteiger partial charge in [0.05, 0.1) is 22.3 Å². The van der Waals surface area contributed by atoms with Crippen molar-refractivity contribution in [2.45, 2.75) is 84.7 Å². The number of hydrogen-bond acceptors (Lipinski definition) is 6. The molecule has 3 atom stereocenters. The van der Waals surface area contributed by atoms with Crippen LogP contribution in [0.2, 0.25) is 0 Å². The number of carbonyl (C=O) groups is 2. The van der Waals surface area contributed by atoms with Crippen LogP contribution in [-0.4, -0.2) is 44.6 Å². The Hall–Kier alpha value is -2.18. The molecule has 1 aromatic heterocycles. The number of ether oxygens (including phenoxy) is 1. The number of esters is 1. The van der Waals surface area contributed by atoms with E-state index in [1.165, 1.54) is 17.3 Å². The van der Waals surface area contributed by atoms with Crippen LogP contribution in [0.4, 0.5) is 0 Å². The van der Waals surface area contributed by atoms with E-state index in [1.807, 2.05) is 51.1 Å². The summed E-state index contributed by atoms with van der Waals surface area (Å²) in [6.07, 6.45) is 7.03. The maximum Gasteiger partial charge on any atom is 0.316 e. The highest BCUT2D eigenvalue weighted by atomic mass is 32.2. The van der Waals surface area contributed by atoms with Crippen molar-refractivity contribution in [3.63, 3.8) is 0 Å². The number of allylic oxidation sites excluding steroid dienone is 2. The van der Waals surface area contributed by atoms with E-state index in [9.17, 15) is 14.7 Å². The second-order valence-electron chi connectivity index (χ2n) is 9.74. The Morgan fingerprint density at radius 3 is 2.59 bits per heavy atom. The number of cyclic esters (lactones) is 1. The van der Waals surface area contributed by atoms with E-state index in [0.717, 1.165) is 35.4 Å². The average molecular weight is 486 g/mol. The molecule has 186 valence electrons. The van der Waals surface area contributed by atoms with E-state index < -0.39 is 22.9 Å². The Morgan fingerprint density at radius 2 is 1.91 bits per heavy atom. The van der Waals surface area contributed by atoms with Gasteiger partial charge in [-0.3, -0.25) is 14.6 Å². The van der Waals surface area contributed by atoms with Crippen molar-refractivity contribution in [3.05, 3.63) is 58.5 Å². The smallest absolute Gasteiger partial charge is 0.316 e. The first-order valence-corrected chi connectivity index (χ1v) is 12.9. The summed E-state index contributed by atoms with van der Waals surface area (Å²) < 4.78 is 5.06. The fourth-order valence-corrected chi connectivity index (χ4v) is 4.82. The Balaban J connectivity index is 2.33. The normalized spacial score (nSPS) is 25.9. The van der Waals surface area contributed by atoms with Gasteiger partial charge in [0.2, 0.25) is 0 Å². The van der Waals surface area contributed by atoms with E-state index >= 15 is 0 Å². The van der Waals surface area contributed by atoms with E-state index in [4.69, 9.17) is 4.74 Å². The highest BCUT2D eigenvalue weighted by Crippen LogP contribution is 2.31. The van der Waals surface area contributed by atoms with Crippen LogP contribution in [0.15, 0.2) is 47.1 Å². The molecule has 0 aliphatic carbocycles. The minimum atomic E-state index is -0.830. The van der Waals surface area contributed by atoms with Gasteiger partial charge in [-0.05, 0) is 83.7 Å². The standard InChI is InChI=1S/C28H39NO4S/c1-18-10-8-11-19(2)26(31)22(5)27(32)28(6,7)34-17-25(30)33-24(15-14-18)20(3)16-23-13-9-12-21(4)29-23/h9,11-14,16,22,24,26,31H,8,10,15,17H2,1-7H3/t22-,24?,26+/m1/s1. The van der Waals surface area contributed by atoms with Crippen LogP contribution in [0.3, 0.4) is 0 Å². The van der Waals surface area contributed by atoms with Gasteiger partial charge in [0.25, 0.3) is 0 Å². The minimum absolute atomic E-state index is 0.0611. The van der Waals surface area contributed by atoms with Gasteiger partial charge in [0.1, 0.15) is 6.10 Å². The van der Waals surface area contributed by atoms with Crippen LogP contribution in [0.5, 0.6) is 0 Å². The summed E-state index contributed by atoms with van der Waals surface area (Å²) in [4.78, 5) is 30.4. The monoisotopic (exact) mass is 485 g/mol. The van der Waals surface area contributed by atoms with Crippen molar-refractivity contribution in [3.8, 4) is 0 Å². The highest BCUT2D eigenvalue weighted by molar-refractivity contribution is 8.02. The molecule has 34 heavy (non-hydrogen) atoms. The number of hydrogen-bond donors (Lipinski definition) is 1. The van der Waals surface area contributed by atoms with Crippen LogP contribution in [-0.2, 0) is 14.3 Å². The Kier molecular flexibility index (Phi) is 10.3. The molecule has 2 rings (SSSR count). The number of aliphatic hydroxyl groups excluding tert-OH is 1. The molecule has 2 heterocycles. The summed E-state index contributed by atoms with van der Waals surface area (Å²) in [7, 11) is 0. The first-order chi connectivity index (χ1) is 15.9. The molecule has 0 radical (unpaired) electrons. The molecule has 0 saturated heterocycles.